The number of amides is 1. The minimum absolute atomic E-state index is 0.0178. The van der Waals surface area contributed by atoms with Crippen LogP contribution in [0.25, 0.3) is 0 Å². The van der Waals surface area contributed by atoms with E-state index >= 15 is 0 Å². The fourth-order valence-electron chi connectivity index (χ4n) is 0.733. The molecule has 0 heterocycles. The Labute approximate surface area is 67.8 Å². The molecule has 1 amide bonds. The van der Waals surface area contributed by atoms with Crippen LogP contribution in [0.1, 0.15) is 10.4 Å². The van der Waals surface area contributed by atoms with Crippen molar-refractivity contribution in [2.75, 3.05) is 5.73 Å². The van der Waals surface area contributed by atoms with Crippen LogP contribution < -0.4 is 11.2 Å². The molecule has 4 nitrogen and oxygen atoms in total. The number of benzene rings is 1. The van der Waals surface area contributed by atoms with Gasteiger partial charge in [0.05, 0.1) is 5.69 Å². The molecule has 4 N–H and O–H groups in total. The second kappa shape index (κ2) is 3.19. The van der Waals surface area contributed by atoms with Crippen LogP contribution in [-0.2, 0) is 0 Å². The highest BCUT2D eigenvalue weighted by molar-refractivity contribution is 5.93. The van der Waals surface area contributed by atoms with Crippen molar-refractivity contribution >= 4 is 11.6 Å². The van der Waals surface area contributed by atoms with Crippen molar-refractivity contribution in [3.8, 4) is 0 Å². The summed E-state index contributed by atoms with van der Waals surface area (Å²) in [7, 11) is 0. The molecule has 12 heavy (non-hydrogen) atoms. The van der Waals surface area contributed by atoms with Crippen molar-refractivity contribution in [2.45, 2.75) is 0 Å². The van der Waals surface area contributed by atoms with Crippen molar-refractivity contribution in [1.29, 1.82) is 0 Å². The minimum Gasteiger partial charge on any atom is -0.396 e. The van der Waals surface area contributed by atoms with Gasteiger partial charge in [-0.15, -0.1) is 0 Å². The first-order chi connectivity index (χ1) is 5.65. The quantitative estimate of drug-likeness (QED) is 0.327. The number of halogens is 1. The Morgan fingerprint density at radius 3 is 2.75 bits per heavy atom. The number of rotatable bonds is 1. The van der Waals surface area contributed by atoms with Gasteiger partial charge in [-0.25, -0.2) is 9.87 Å². The first kappa shape index (κ1) is 8.48. The van der Waals surface area contributed by atoms with Gasteiger partial charge in [-0.3, -0.25) is 10.0 Å². The number of hydrogen-bond donors (Lipinski definition) is 3. The lowest BCUT2D eigenvalue weighted by Gasteiger charge is -1.99. The summed E-state index contributed by atoms with van der Waals surface area (Å²) in [6.07, 6.45) is 0. The molecule has 0 atom stereocenters. The summed E-state index contributed by atoms with van der Waals surface area (Å²) in [5, 5.41) is 8.20. The Morgan fingerprint density at radius 1 is 1.58 bits per heavy atom. The summed E-state index contributed by atoms with van der Waals surface area (Å²) in [5.74, 6) is -1.45. The average molecular weight is 170 g/mol. The number of nitrogens with one attached hydrogen (secondary N) is 1. The summed E-state index contributed by atoms with van der Waals surface area (Å²) in [5.41, 5.74) is 6.52. The molecule has 0 bridgehead atoms. The first-order valence-corrected chi connectivity index (χ1v) is 3.14. The molecule has 1 aromatic rings. The Bertz CT molecular complexity index is 314. The molecule has 0 spiro atoms. The molecule has 1 rings (SSSR count). The van der Waals surface area contributed by atoms with E-state index in [9.17, 15) is 9.18 Å². The van der Waals surface area contributed by atoms with E-state index in [0.717, 1.165) is 6.07 Å². The summed E-state index contributed by atoms with van der Waals surface area (Å²) in [6, 6.07) is 3.50. The first-order valence-electron chi connectivity index (χ1n) is 3.14. The molecular formula is C7H7FN2O2. The van der Waals surface area contributed by atoms with Gasteiger partial charge in [0.15, 0.2) is 0 Å². The van der Waals surface area contributed by atoms with Gasteiger partial charge in [-0.2, -0.15) is 0 Å². The number of nitrogen functional groups attached to an aromatic ring is 1. The fourth-order valence-corrected chi connectivity index (χ4v) is 0.733. The Morgan fingerprint density at radius 2 is 2.25 bits per heavy atom. The molecule has 0 fully saturated rings. The van der Waals surface area contributed by atoms with Crippen molar-refractivity contribution in [1.82, 2.24) is 5.48 Å². The molecule has 64 valence electrons. The lowest BCUT2D eigenvalue weighted by molar-refractivity contribution is 0.0706. The molecule has 0 aliphatic heterocycles. The smallest absolute Gasteiger partial charge is 0.274 e. The Hall–Kier alpha value is -1.62. The summed E-state index contributed by atoms with van der Waals surface area (Å²) >= 11 is 0. The van der Waals surface area contributed by atoms with Crippen LogP contribution >= 0.6 is 0 Å². The number of anilines is 1. The molecule has 0 aliphatic carbocycles. The van der Waals surface area contributed by atoms with E-state index in [1.54, 1.807) is 0 Å². The topological polar surface area (TPSA) is 75.4 Å². The maximum atomic E-state index is 12.7. The van der Waals surface area contributed by atoms with Crippen LogP contribution in [0.3, 0.4) is 0 Å². The highest BCUT2D eigenvalue weighted by atomic mass is 19.1. The number of hydroxylamine groups is 1. The zero-order valence-corrected chi connectivity index (χ0v) is 6.04. The maximum Gasteiger partial charge on any atom is 0.274 e. The lowest BCUT2D eigenvalue weighted by atomic mass is 10.2. The number of carbonyl (C=O) groups is 1. The van der Waals surface area contributed by atoms with E-state index in [4.69, 9.17) is 10.9 Å². The van der Waals surface area contributed by atoms with Crippen LogP contribution in [0.4, 0.5) is 10.1 Å². The van der Waals surface area contributed by atoms with Crippen LogP contribution in [0, 0.1) is 5.82 Å². The van der Waals surface area contributed by atoms with Crippen LogP contribution in [-0.4, -0.2) is 11.1 Å². The van der Waals surface area contributed by atoms with Crippen molar-refractivity contribution < 1.29 is 14.4 Å². The van der Waals surface area contributed by atoms with Crippen molar-refractivity contribution in [3.63, 3.8) is 0 Å². The predicted octanol–water partition coefficient (Wildman–Crippen LogP) is 0.527. The number of carbonyl (C=O) groups excluding carboxylic acids is 1. The standard InChI is InChI=1S/C7H7FN2O2/c8-5-3-4(7(11)10-12)1-2-6(5)9/h1-3,12H,9H2,(H,10,11). The normalized spacial score (nSPS) is 9.50. The van der Waals surface area contributed by atoms with E-state index < -0.39 is 11.7 Å². The molecule has 0 saturated carbocycles. The highest BCUT2D eigenvalue weighted by Crippen LogP contribution is 2.11. The van der Waals surface area contributed by atoms with Crippen LogP contribution in [0.15, 0.2) is 18.2 Å². The van der Waals surface area contributed by atoms with Crippen molar-refractivity contribution in [3.05, 3.63) is 29.6 Å². The largest absolute Gasteiger partial charge is 0.396 e. The fraction of sp³-hybridized carbons (Fsp3) is 0. The van der Waals surface area contributed by atoms with E-state index in [0.29, 0.717) is 0 Å². The average Bonchev–Trinajstić information content (AvgIpc) is 2.08. The predicted molar refractivity (Wildman–Crippen MR) is 40.1 cm³/mol. The van der Waals surface area contributed by atoms with Crippen LogP contribution in [0.2, 0.25) is 0 Å². The molecule has 0 aromatic heterocycles. The van der Waals surface area contributed by atoms with Crippen molar-refractivity contribution in [2.24, 2.45) is 0 Å². The van der Waals surface area contributed by atoms with E-state index in [-0.39, 0.29) is 11.3 Å². The Balaban J connectivity index is 3.05. The van der Waals surface area contributed by atoms with Gasteiger partial charge in [0, 0.05) is 5.56 Å². The SMILES string of the molecule is Nc1ccc(C(=O)NO)cc1F. The molecular weight excluding hydrogens is 163 g/mol. The molecule has 1 aromatic carbocycles. The monoisotopic (exact) mass is 170 g/mol. The third-order valence-electron chi connectivity index (χ3n) is 1.36. The minimum atomic E-state index is -0.770. The van der Waals surface area contributed by atoms with E-state index in [1.807, 2.05) is 0 Å². The zero-order valence-electron chi connectivity index (χ0n) is 6.04. The molecule has 0 unspecified atom stereocenters. The third-order valence-corrected chi connectivity index (χ3v) is 1.36. The van der Waals surface area contributed by atoms with Gasteiger partial charge in [-0.05, 0) is 18.2 Å². The number of hydrogen-bond acceptors (Lipinski definition) is 3. The van der Waals surface area contributed by atoms with E-state index in [2.05, 4.69) is 0 Å². The third kappa shape index (κ3) is 1.51. The van der Waals surface area contributed by atoms with Gasteiger partial charge in [0.2, 0.25) is 0 Å². The van der Waals surface area contributed by atoms with Gasteiger partial charge in [-0.1, -0.05) is 0 Å². The highest BCUT2D eigenvalue weighted by Gasteiger charge is 2.06. The Kier molecular flexibility index (Phi) is 2.25. The molecule has 0 aliphatic rings. The molecule has 0 radical (unpaired) electrons. The van der Waals surface area contributed by atoms with Gasteiger partial charge in [0.25, 0.3) is 5.91 Å². The van der Waals surface area contributed by atoms with E-state index in [1.165, 1.54) is 17.6 Å². The van der Waals surface area contributed by atoms with Crippen LogP contribution in [0.5, 0.6) is 0 Å². The summed E-state index contributed by atoms with van der Waals surface area (Å²) < 4.78 is 12.7. The maximum absolute atomic E-state index is 12.7. The van der Waals surface area contributed by atoms with Gasteiger partial charge in [0.1, 0.15) is 5.82 Å². The number of nitrogens with two attached hydrogens (primary N) is 1. The molecule has 5 heteroatoms. The second-order valence-corrected chi connectivity index (χ2v) is 2.18. The second-order valence-electron chi connectivity index (χ2n) is 2.18. The van der Waals surface area contributed by atoms with Gasteiger partial charge < -0.3 is 5.73 Å². The zero-order chi connectivity index (χ0) is 9.14. The van der Waals surface area contributed by atoms with Gasteiger partial charge >= 0.3 is 0 Å². The summed E-state index contributed by atoms with van der Waals surface area (Å²) in [6.45, 7) is 0. The molecule has 0 saturated heterocycles. The summed E-state index contributed by atoms with van der Waals surface area (Å²) in [4.78, 5) is 10.7. The lowest BCUT2D eigenvalue weighted by Crippen LogP contribution is -2.18.